The Kier molecular flexibility index (Phi) is 4.02. The van der Waals surface area contributed by atoms with Crippen LogP contribution in [-0.2, 0) is 20.9 Å². The van der Waals surface area contributed by atoms with Gasteiger partial charge in [-0.3, -0.25) is 14.6 Å². The molecule has 0 aromatic heterocycles. The fourth-order valence-corrected chi connectivity index (χ4v) is 2.10. The van der Waals surface area contributed by atoms with Gasteiger partial charge in [0.15, 0.2) is 0 Å². The average Bonchev–Trinajstić information content (AvgIpc) is 2.65. The summed E-state index contributed by atoms with van der Waals surface area (Å²) in [7, 11) is 1.36. The van der Waals surface area contributed by atoms with E-state index >= 15 is 0 Å². The molecular weight excluding hydrogens is 260 g/mol. The van der Waals surface area contributed by atoms with Crippen LogP contribution in [0.1, 0.15) is 12.5 Å². The molecule has 0 radical (unpaired) electrons. The van der Waals surface area contributed by atoms with Crippen LogP contribution in [0.5, 0.6) is 0 Å². The highest BCUT2D eigenvalue weighted by molar-refractivity contribution is 6.14. The van der Waals surface area contributed by atoms with Crippen LogP contribution in [0.15, 0.2) is 30.3 Å². The fraction of sp³-hybridized carbons (Fsp3) is 0.357. The SMILES string of the molecule is CCOC(=O)C1C(=O)N(C)C(=O)N1Cc1ccccc1. The molecule has 1 aliphatic rings. The lowest BCUT2D eigenvalue weighted by atomic mass is 10.2. The van der Waals surface area contributed by atoms with Gasteiger partial charge in [-0.25, -0.2) is 9.59 Å². The molecule has 1 saturated heterocycles. The van der Waals surface area contributed by atoms with E-state index in [0.29, 0.717) is 0 Å². The second kappa shape index (κ2) is 5.73. The van der Waals surface area contributed by atoms with Crippen LogP contribution in [0.4, 0.5) is 4.79 Å². The molecule has 1 atom stereocenters. The predicted octanol–water partition coefficient (Wildman–Crippen LogP) is 1.01. The van der Waals surface area contributed by atoms with E-state index in [-0.39, 0.29) is 13.2 Å². The van der Waals surface area contributed by atoms with Gasteiger partial charge in [0, 0.05) is 13.6 Å². The molecule has 2 rings (SSSR count). The zero-order chi connectivity index (χ0) is 14.7. The molecule has 1 aromatic rings. The molecule has 106 valence electrons. The van der Waals surface area contributed by atoms with E-state index in [1.54, 1.807) is 6.92 Å². The average molecular weight is 276 g/mol. The van der Waals surface area contributed by atoms with Gasteiger partial charge in [-0.2, -0.15) is 0 Å². The van der Waals surface area contributed by atoms with Gasteiger partial charge in [-0.05, 0) is 12.5 Å². The Balaban J connectivity index is 2.25. The number of hydrogen-bond donors (Lipinski definition) is 0. The Hall–Kier alpha value is -2.37. The van der Waals surface area contributed by atoms with E-state index in [9.17, 15) is 14.4 Å². The molecule has 1 fully saturated rings. The van der Waals surface area contributed by atoms with Gasteiger partial charge in [0.25, 0.3) is 5.91 Å². The standard InChI is InChI=1S/C14H16N2O4/c1-3-20-13(18)11-12(17)15(2)14(19)16(11)9-10-7-5-4-6-8-10/h4-8,11H,3,9H2,1-2H3. The van der Waals surface area contributed by atoms with Gasteiger partial charge < -0.3 is 4.74 Å². The van der Waals surface area contributed by atoms with E-state index in [2.05, 4.69) is 0 Å². The van der Waals surface area contributed by atoms with Crippen molar-refractivity contribution in [1.29, 1.82) is 0 Å². The second-order valence-corrected chi connectivity index (χ2v) is 4.45. The minimum atomic E-state index is -1.19. The minimum Gasteiger partial charge on any atom is -0.464 e. The third-order valence-electron chi connectivity index (χ3n) is 3.11. The molecule has 0 saturated carbocycles. The van der Waals surface area contributed by atoms with Crippen LogP contribution in [0.2, 0.25) is 0 Å². The summed E-state index contributed by atoms with van der Waals surface area (Å²) in [5.41, 5.74) is 0.846. The molecule has 1 aromatic carbocycles. The summed E-state index contributed by atoms with van der Waals surface area (Å²) in [5, 5.41) is 0. The van der Waals surface area contributed by atoms with Gasteiger partial charge in [-0.1, -0.05) is 30.3 Å². The Labute approximate surface area is 116 Å². The fourth-order valence-electron chi connectivity index (χ4n) is 2.10. The molecule has 0 bridgehead atoms. The summed E-state index contributed by atoms with van der Waals surface area (Å²) < 4.78 is 4.88. The molecule has 1 unspecified atom stereocenters. The monoisotopic (exact) mass is 276 g/mol. The maximum Gasteiger partial charge on any atom is 0.338 e. The van der Waals surface area contributed by atoms with Crippen molar-refractivity contribution < 1.29 is 19.1 Å². The lowest BCUT2D eigenvalue weighted by molar-refractivity contribution is -0.151. The van der Waals surface area contributed by atoms with Crippen molar-refractivity contribution in [2.45, 2.75) is 19.5 Å². The normalized spacial score (nSPS) is 18.6. The van der Waals surface area contributed by atoms with E-state index < -0.39 is 23.9 Å². The number of benzene rings is 1. The molecule has 6 heteroatoms. The summed E-state index contributed by atoms with van der Waals surface area (Å²) in [4.78, 5) is 38.1. The van der Waals surface area contributed by atoms with Gasteiger partial charge in [-0.15, -0.1) is 0 Å². The summed E-state index contributed by atoms with van der Waals surface area (Å²) >= 11 is 0. The number of ether oxygens (including phenoxy) is 1. The van der Waals surface area contributed by atoms with Gasteiger partial charge in [0.1, 0.15) is 0 Å². The molecule has 0 aliphatic carbocycles. The molecular formula is C14H16N2O4. The first-order chi connectivity index (χ1) is 9.56. The van der Waals surface area contributed by atoms with Crippen molar-refractivity contribution in [1.82, 2.24) is 9.80 Å². The van der Waals surface area contributed by atoms with E-state index in [4.69, 9.17) is 4.74 Å². The van der Waals surface area contributed by atoms with Crippen molar-refractivity contribution in [2.24, 2.45) is 0 Å². The minimum absolute atomic E-state index is 0.166. The third kappa shape index (κ3) is 2.49. The van der Waals surface area contributed by atoms with E-state index in [1.807, 2.05) is 30.3 Å². The molecule has 6 nitrogen and oxygen atoms in total. The van der Waals surface area contributed by atoms with Crippen LogP contribution >= 0.6 is 0 Å². The highest BCUT2D eigenvalue weighted by Gasteiger charge is 2.48. The maximum atomic E-state index is 12.1. The van der Waals surface area contributed by atoms with Gasteiger partial charge in [0.2, 0.25) is 6.04 Å². The van der Waals surface area contributed by atoms with Crippen molar-refractivity contribution in [2.75, 3.05) is 13.7 Å². The zero-order valence-electron chi connectivity index (χ0n) is 11.4. The number of urea groups is 1. The predicted molar refractivity (Wildman–Crippen MR) is 70.6 cm³/mol. The molecule has 1 heterocycles. The number of esters is 1. The van der Waals surface area contributed by atoms with Crippen LogP contribution in [0.3, 0.4) is 0 Å². The van der Waals surface area contributed by atoms with Crippen molar-refractivity contribution >= 4 is 17.9 Å². The zero-order valence-corrected chi connectivity index (χ0v) is 11.4. The van der Waals surface area contributed by atoms with Gasteiger partial charge >= 0.3 is 12.0 Å². The quantitative estimate of drug-likeness (QED) is 0.467. The Morgan fingerprint density at radius 3 is 2.50 bits per heavy atom. The Morgan fingerprint density at radius 2 is 1.90 bits per heavy atom. The highest BCUT2D eigenvalue weighted by Crippen LogP contribution is 2.20. The second-order valence-electron chi connectivity index (χ2n) is 4.45. The number of likely N-dealkylation sites (N-methyl/N-ethyl adjacent to an activating group) is 1. The first kappa shape index (κ1) is 14.0. The maximum absolute atomic E-state index is 12.1. The van der Waals surface area contributed by atoms with Crippen LogP contribution in [0.25, 0.3) is 0 Å². The van der Waals surface area contributed by atoms with E-state index in [1.165, 1.54) is 11.9 Å². The Bertz CT molecular complexity index is 529. The summed E-state index contributed by atoms with van der Waals surface area (Å²) in [6.45, 7) is 2.02. The lowest BCUT2D eigenvalue weighted by Gasteiger charge is -2.20. The molecule has 0 spiro atoms. The van der Waals surface area contributed by atoms with Gasteiger partial charge in [0.05, 0.1) is 6.61 Å². The first-order valence-electron chi connectivity index (χ1n) is 6.35. The lowest BCUT2D eigenvalue weighted by Crippen LogP contribution is -2.42. The number of imide groups is 1. The number of nitrogens with zero attached hydrogens (tertiary/aromatic N) is 2. The summed E-state index contributed by atoms with van der Waals surface area (Å²) in [5.74, 6) is -1.24. The van der Waals surface area contributed by atoms with Crippen LogP contribution in [0, 0.1) is 0 Å². The largest absolute Gasteiger partial charge is 0.464 e. The number of carbonyl (C=O) groups is 3. The van der Waals surface area contributed by atoms with Crippen molar-refractivity contribution in [3.63, 3.8) is 0 Å². The summed E-state index contributed by atoms with van der Waals surface area (Å²) in [6, 6.07) is 7.51. The van der Waals surface area contributed by atoms with Crippen molar-refractivity contribution in [3.05, 3.63) is 35.9 Å². The number of hydrogen-bond acceptors (Lipinski definition) is 4. The smallest absolute Gasteiger partial charge is 0.338 e. The number of carbonyl (C=O) groups excluding carboxylic acids is 3. The molecule has 0 N–H and O–H groups in total. The highest BCUT2D eigenvalue weighted by atomic mass is 16.5. The topological polar surface area (TPSA) is 66.9 Å². The van der Waals surface area contributed by atoms with Crippen LogP contribution < -0.4 is 0 Å². The molecule has 1 aliphatic heterocycles. The number of amides is 3. The van der Waals surface area contributed by atoms with Crippen molar-refractivity contribution in [3.8, 4) is 0 Å². The first-order valence-corrected chi connectivity index (χ1v) is 6.35. The number of rotatable bonds is 4. The molecule has 3 amide bonds. The van der Waals surface area contributed by atoms with Crippen LogP contribution in [-0.4, -0.2) is 47.4 Å². The Morgan fingerprint density at radius 1 is 1.25 bits per heavy atom. The third-order valence-corrected chi connectivity index (χ3v) is 3.11. The molecule has 20 heavy (non-hydrogen) atoms. The van der Waals surface area contributed by atoms with E-state index in [0.717, 1.165) is 10.5 Å². The summed E-state index contributed by atoms with van der Waals surface area (Å²) in [6.07, 6.45) is 0.